The summed E-state index contributed by atoms with van der Waals surface area (Å²) >= 11 is 3.35. The van der Waals surface area contributed by atoms with E-state index in [1.807, 2.05) is 6.07 Å². The van der Waals surface area contributed by atoms with Gasteiger partial charge in [-0.3, -0.25) is 0 Å². The van der Waals surface area contributed by atoms with E-state index in [2.05, 4.69) is 79.4 Å². The molecule has 0 saturated heterocycles. The fourth-order valence-electron chi connectivity index (χ4n) is 12.5. The molecule has 6 aliphatic rings. The summed E-state index contributed by atoms with van der Waals surface area (Å²) in [6, 6.07) is 22.1. The molecule has 0 aromatic heterocycles. The Bertz CT molecular complexity index is 1230. The van der Waals surface area contributed by atoms with Crippen molar-refractivity contribution in [2.45, 2.75) is 227 Å². The van der Waals surface area contributed by atoms with Crippen molar-refractivity contribution < 1.29 is 14.6 Å². The van der Waals surface area contributed by atoms with Crippen LogP contribution in [0.3, 0.4) is 0 Å². The van der Waals surface area contributed by atoms with Crippen molar-refractivity contribution in [3.05, 3.63) is 60.7 Å². The molecule has 0 atom stereocenters. The zero-order valence-electron chi connectivity index (χ0n) is 34.1. The molecule has 0 nitrogen and oxygen atoms in total. The van der Waals surface area contributed by atoms with Crippen LogP contribution in [-0.2, 0) is 14.6 Å². The Morgan fingerprint density at radius 2 is 0.648 bits per heavy atom. The van der Waals surface area contributed by atoms with Crippen molar-refractivity contribution in [3.63, 3.8) is 0 Å². The van der Waals surface area contributed by atoms with Crippen LogP contribution in [0.15, 0.2) is 54.6 Å². The monoisotopic (exact) mass is 832 g/mol. The Balaban J connectivity index is 0.000000136. The maximum Gasteiger partial charge on any atom is -0.0640 e. The molecule has 0 bridgehead atoms. The Kier molecular flexibility index (Phi) is 19.8. The quantitative estimate of drug-likeness (QED) is 0.100. The molecule has 0 radical (unpaired) electrons. The van der Waals surface area contributed by atoms with Crippen molar-refractivity contribution >= 4 is 47.6 Å². The molecular weight excluding hydrogens is 757 g/mol. The van der Waals surface area contributed by atoms with E-state index >= 15 is 0 Å². The van der Waals surface area contributed by atoms with Gasteiger partial charge in [0.05, 0.1) is 34.0 Å². The molecule has 4 heteroatoms. The molecule has 3 aromatic rings. The molecule has 54 heavy (non-hydrogen) atoms. The Morgan fingerprint density at radius 1 is 0.370 bits per heavy atom. The minimum Gasteiger partial charge on any atom is -0.143 e. The van der Waals surface area contributed by atoms with Gasteiger partial charge in [0, 0.05) is 15.8 Å². The van der Waals surface area contributed by atoms with E-state index in [-0.39, 0.29) is 15.8 Å². The summed E-state index contributed by atoms with van der Waals surface area (Å²) in [4.78, 5) is 0. The van der Waals surface area contributed by atoms with Crippen molar-refractivity contribution in [3.8, 4) is 0 Å². The summed E-state index contributed by atoms with van der Waals surface area (Å²) in [5, 5.41) is 5.03. The molecule has 0 spiro atoms. The van der Waals surface area contributed by atoms with Crippen LogP contribution in [0.2, 0.25) is 0 Å². The van der Waals surface area contributed by atoms with E-state index in [4.69, 9.17) is 0 Å². The van der Waals surface area contributed by atoms with Crippen LogP contribution in [0, 0.1) is 6.07 Å². The smallest absolute Gasteiger partial charge is 0.0640 e. The fourth-order valence-corrected chi connectivity index (χ4v) is 22.9. The van der Waals surface area contributed by atoms with E-state index in [0.29, 0.717) is 0 Å². The predicted molar refractivity (Wildman–Crippen MR) is 244 cm³/mol. The number of hydrogen-bond acceptors (Lipinski definition) is 0. The van der Waals surface area contributed by atoms with Crippen molar-refractivity contribution in [1.29, 1.82) is 0 Å². The zero-order chi connectivity index (χ0) is 37.2. The SMILES string of the molecule is C1CCC([PH+](C2CCCCC2)C2CCCCC2)CC1.C1CCC([PH+](C2CCCCC2)C2CCCCC2)CC1.[Cl][Ni].[c-]1cc2ccccc2c2ccccc12. The van der Waals surface area contributed by atoms with Gasteiger partial charge in [0.1, 0.15) is 0 Å². The standard InChI is InChI=1S/2C18H33P.C14H9.ClH.Ni/c2*1-4-10-16(11-5-1)19(17-12-6-2-7-13-17)18-14-8-3-9-15-18;1-3-7-13-11(5-1)9-10-12-6-2-4-8-14(12)13;;/h2*16-18H,1-15H2;1-9H;1H;/q;;-1;;+1/p+1. The fraction of sp³-hybridized carbons (Fsp3) is 0.720. The van der Waals surface area contributed by atoms with Gasteiger partial charge in [-0.2, -0.15) is 0 Å². The largest absolute Gasteiger partial charge is 0.143 e. The number of halogens is 1. The first kappa shape index (κ1) is 43.4. The van der Waals surface area contributed by atoms with E-state index in [1.165, 1.54) is 55.5 Å². The van der Waals surface area contributed by atoms with Gasteiger partial charge in [-0.15, -0.1) is 35.0 Å². The summed E-state index contributed by atoms with van der Waals surface area (Å²) in [5.41, 5.74) is 7.36. The van der Waals surface area contributed by atoms with Gasteiger partial charge in [0.15, 0.2) is 0 Å². The molecule has 6 saturated carbocycles. The van der Waals surface area contributed by atoms with E-state index < -0.39 is 0 Å². The van der Waals surface area contributed by atoms with Gasteiger partial charge in [-0.05, 0) is 154 Å². The number of benzene rings is 3. The topological polar surface area (TPSA) is 0 Å². The third kappa shape index (κ3) is 12.7. The molecule has 0 N–H and O–H groups in total. The Labute approximate surface area is 347 Å². The third-order valence-electron chi connectivity index (χ3n) is 15.0. The maximum atomic E-state index is 4.26. The third-order valence-corrected chi connectivity index (χ3v) is 24.1. The Hall–Kier alpha value is -0.176. The van der Waals surface area contributed by atoms with Crippen LogP contribution >= 0.6 is 26.0 Å². The van der Waals surface area contributed by atoms with Crippen molar-refractivity contribution in [2.24, 2.45) is 0 Å². The number of hydrogen-bond donors (Lipinski definition) is 0. The zero-order valence-corrected chi connectivity index (χ0v) is 37.8. The number of fused-ring (bicyclic) bond motifs is 3. The molecule has 0 heterocycles. The van der Waals surface area contributed by atoms with Crippen LogP contribution in [0.5, 0.6) is 0 Å². The first-order valence-corrected chi connectivity index (χ1v) is 28.3. The molecule has 0 amide bonds. The molecular formula is C50H77ClNiP2+. The summed E-state index contributed by atoms with van der Waals surface area (Å²) < 4.78 is 0. The molecule has 0 unspecified atom stereocenters. The van der Waals surface area contributed by atoms with E-state index in [0.717, 1.165) is 0 Å². The molecule has 6 aliphatic carbocycles. The Morgan fingerprint density at radius 3 is 0.981 bits per heavy atom. The van der Waals surface area contributed by atoms with Crippen LogP contribution in [-0.4, -0.2) is 34.0 Å². The van der Waals surface area contributed by atoms with Crippen LogP contribution in [0.4, 0.5) is 0 Å². The van der Waals surface area contributed by atoms with Gasteiger partial charge >= 0.3 is 24.8 Å². The average molecular weight is 834 g/mol. The minimum absolute atomic E-state index is 0.0465. The second-order valence-corrected chi connectivity index (χ2v) is 25.3. The van der Waals surface area contributed by atoms with Crippen molar-refractivity contribution in [1.82, 2.24) is 0 Å². The second-order valence-electron chi connectivity index (χ2n) is 18.4. The van der Waals surface area contributed by atoms with Gasteiger partial charge in [-0.25, -0.2) is 0 Å². The average Bonchev–Trinajstić information content (AvgIpc) is 3.27. The van der Waals surface area contributed by atoms with Gasteiger partial charge < -0.3 is 0 Å². The summed E-state index contributed by atoms with van der Waals surface area (Å²) in [7, 11) is 4.17. The maximum absolute atomic E-state index is 4.26. The first-order valence-electron chi connectivity index (χ1n) is 23.5. The van der Waals surface area contributed by atoms with Crippen LogP contribution < -0.4 is 0 Å². The van der Waals surface area contributed by atoms with Gasteiger partial charge in [0.2, 0.25) is 0 Å². The van der Waals surface area contributed by atoms with Crippen LogP contribution in [0.25, 0.3) is 21.5 Å². The van der Waals surface area contributed by atoms with Gasteiger partial charge in [0.25, 0.3) is 0 Å². The molecule has 6 fully saturated rings. The molecule has 9 rings (SSSR count). The van der Waals surface area contributed by atoms with E-state index in [9.17, 15) is 0 Å². The van der Waals surface area contributed by atoms with Crippen LogP contribution in [0.1, 0.15) is 193 Å². The molecule has 0 aliphatic heterocycles. The molecule has 303 valence electrons. The van der Waals surface area contributed by atoms with Crippen molar-refractivity contribution in [2.75, 3.05) is 0 Å². The summed E-state index contributed by atoms with van der Waals surface area (Å²) in [5.74, 6) is 0. The second kappa shape index (κ2) is 24.7. The minimum atomic E-state index is -0.0465. The number of rotatable bonds is 6. The molecule has 3 aromatic carbocycles. The predicted octanol–water partition coefficient (Wildman–Crippen LogP) is 16.9. The summed E-state index contributed by atoms with van der Waals surface area (Å²) in [6.07, 6.45) is 47.6. The first-order chi connectivity index (χ1) is 26.8. The normalized spacial score (nSPS) is 23.3. The summed E-state index contributed by atoms with van der Waals surface area (Å²) in [6.45, 7) is 0. The van der Waals surface area contributed by atoms with Gasteiger partial charge in [-0.1, -0.05) is 85.7 Å². The van der Waals surface area contributed by atoms with E-state index in [1.54, 1.807) is 193 Å².